The van der Waals surface area contributed by atoms with Crippen LogP contribution in [-0.2, 0) is 6.42 Å². The Labute approximate surface area is 123 Å². The van der Waals surface area contributed by atoms with Crippen LogP contribution in [0.2, 0.25) is 0 Å². The highest BCUT2D eigenvalue weighted by molar-refractivity contribution is 5.34. The second kappa shape index (κ2) is 5.87. The quantitative estimate of drug-likeness (QED) is 0.636. The Hall–Kier alpha value is -0.860. The Balaban J connectivity index is 1.65. The molecule has 20 heavy (non-hydrogen) atoms. The van der Waals surface area contributed by atoms with Crippen molar-refractivity contribution < 1.29 is 0 Å². The van der Waals surface area contributed by atoms with E-state index in [4.69, 9.17) is 5.84 Å². The van der Waals surface area contributed by atoms with Gasteiger partial charge in [-0.1, -0.05) is 24.6 Å². The van der Waals surface area contributed by atoms with Gasteiger partial charge in [-0.05, 0) is 80.4 Å². The molecular formula is C18H28N2. The molecule has 1 aromatic carbocycles. The van der Waals surface area contributed by atoms with Gasteiger partial charge < -0.3 is 0 Å². The summed E-state index contributed by atoms with van der Waals surface area (Å²) in [7, 11) is 0. The van der Waals surface area contributed by atoms with Crippen molar-refractivity contribution in [1.82, 2.24) is 5.43 Å². The van der Waals surface area contributed by atoms with E-state index in [1.54, 1.807) is 0 Å². The maximum atomic E-state index is 5.85. The smallest absolute Gasteiger partial charge is 0.0253 e. The average Bonchev–Trinajstić information content (AvgIpc) is 3.04. The van der Waals surface area contributed by atoms with Gasteiger partial charge in [-0.2, -0.15) is 0 Å². The van der Waals surface area contributed by atoms with Gasteiger partial charge in [-0.15, -0.1) is 0 Å². The number of nitrogens with two attached hydrogens (primary N) is 1. The minimum atomic E-state index is 0.430. The predicted octanol–water partition coefficient (Wildman–Crippen LogP) is 3.50. The molecule has 2 aliphatic carbocycles. The molecule has 2 heteroatoms. The SMILES string of the molecule is Cc1cccc(C)c1CC(CC1CC2CCC1C2)NN. The number of hydrogen-bond acceptors (Lipinski definition) is 2. The summed E-state index contributed by atoms with van der Waals surface area (Å²) in [6, 6.07) is 7.01. The fourth-order valence-electron chi connectivity index (χ4n) is 4.66. The predicted molar refractivity (Wildman–Crippen MR) is 84.3 cm³/mol. The minimum Gasteiger partial charge on any atom is -0.271 e. The summed E-state index contributed by atoms with van der Waals surface area (Å²) in [5.74, 6) is 8.79. The lowest BCUT2D eigenvalue weighted by molar-refractivity contribution is 0.277. The highest BCUT2D eigenvalue weighted by Gasteiger charge is 2.40. The van der Waals surface area contributed by atoms with Crippen LogP contribution in [0.5, 0.6) is 0 Å². The van der Waals surface area contributed by atoms with Gasteiger partial charge in [0, 0.05) is 6.04 Å². The number of fused-ring (bicyclic) bond motifs is 2. The number of rotatable bonds is 5. The molecule has 2 fully saturated rings. The molecule has 1 aromatic rings. The highest BCUT2D eigenvalue weighted by Crippen LogP contribution is 2.50. The second-order valence-electron chi connectivity index (χ2n) is 7.11. The summed E-state index contributed by atoms with van der Waals surface area (Å²) < 4.78 is 0. The fraction of sp³-hybridized carbons (Fsp3) is 0.667. The second-order valence-corrected chi connectivity index (χ2v) is 7.11. The van der Waals surface area contributed by atoms with Gasteiger partial charge in [-0.3, -0.25) is 11.3 Å². The third kappa shape index (κ3) is 2.77. The number of nitrogens with one attached hydrogen (secondary N) is 1. The summed E-state index contributed by atoms with van der Waals surface area (Å²) in [6.45, 7) is 4.43. The Morgan fingerprint density at radius 3 is 2.50 bits per heavy atom. The van der Waals surface area contributed by atoms with Gasteiger partial charge in [0.25, 0.3) is 0 Å². The van der Waals surface area contributed by atoms with E-state index in [1.165, 1.54) is 48.8 Å². The number of aryl methyl sites for hydroxylation is 2. The minimum absolute atomic E-state index is 0.430. The molecule has 0 heterocycles. The Morgan fingerprint density at radius 2 is 1.95 bits per heavy atom. The maximum Gasteiger partial charge on any atom is 0.0253 e. The molecule has 4 atom stereocenters. The van der Waals surface area contributed by atoms with Crippen molar-refractivity contribution in [1.29, 1.82) is 0 Å². The van der Waals surface area contributed by atoms with E-state index >= 15 is 0 Å². The maximum absolute atomic E-state index is 5.85. The first-order valence-corrected chi connectivity index (χ1v) is 8.18. The third-order valence-electron chi connectivity index (χ3n) is 5.80. The molecule has 3 rings (SSSR count). The van der Waals surface area contributed by atoms with Crippen molar-refractivity contribution in [2.75, 3.05) is 0 Å². The zero-order valence-electron chi connectivity index (χ0n) is 12.9. The van der Waals surface area contributed by atoms with Crippen LogP contribution in [0, 0.1) is 31.6 Å². The molecule has 110 valence electrons. The molecule has 0 spiro atoms. The Morgan fingerprint density at radius 1 is 1.20 bits per heavy atom. The number of benzene rings is 1. The van der Waals surface area contributed by atoms with Gasteiger partial charge >= 0.3 is 0 Å². The topological polar surface area (TPSA) is 38.0 Å². The standard InChI is InChI=1S/C18H28N2/c1-12-4-3-5-13(2)18(12)11-17(20-19)10-16-9-14-6-7-15(16)8-14/h3-5,14-17,20H,6-11,19H2,1-2H3. The molecule has 2 saturated carbocycles. The first kappa shape index (κ1) is 14.1. The largest absolute Gasteiger partial charge is 0.271 e. The van der Waals surface area contributed by atoms with E-state index in [-0.39, 0.29) is 0 Å². The van der Waals surface area contributed by atoms with Crippen LogP contribution < -0.4 is 11.3 Å². The van der Waals surface area contributed by atoms with Gasteiger partial charge in [0.1, 0.15) is 0 Å². The van der Waals surface area contributed by atoms with Crippen molar-refractivity contribution in [3.05, 3.63) is 34.9 Å². The molecule has 0 aromatic heterocycles. The molecule has 2 bridgehead atoms. The normalized spacial score (nSPS) is 29.9. The lowest BCUT2D eigenvalue weighted by Crippen LogP contribution is -2.39. The molecule has 2 aliphatic rings. The van der Waals surface area contributed by atoms with Gasteiger partial charge in [0.15, 0.2) is 0 Å². The van der Waals surface area contributed by atoms with E-state index in [2.05, 4.69) is 37.5 Å². The molecular weight excluding hydrogens is 244 g/mol. The van der Waals surface area contributed by atoms with E-state index < -0.39 is 0 Å². The first-order valence-electron chi connectivity index (χ1n) is 8.18. The van der Waals surface area contributed by atoms with E-state index in [1.807, 2.05) is 0 Å². The average molecular weight is 272 g/mol. The Bertz CT molecular complexity index is 448. The van der Waals surface area contributed by atoms with Crippen LogP contribution in [0.25, 0.3) is 0 Å². The fourth-order valence-corrected chi connectivity index (χ4v) is 4.66. The van der Waals surface area contributed by atoms with Crippen LogP contribution in [-0.4, -0.2) is 6.04 Å². The molecule has 0 radical (unpaired) electrons. The zero-order chi connectivity index (χ0) is 14.1. The summed E-state index contributed by atoms with van der Waals surface area (Å²) in [4.78, 5) is 0. The van der Waals surface area contributed by atoms with Crippen molar-refractivity contribution in [3.8, 4) is 0 Å². The lowest BCUT2D eigenvalue weighted by atomic mass is 9.82. The highest BCUT2D eigenvalue weighted by atomic mass is 15.2. The van der Waals surface area contributed by atoms with Crippen LogP contribution in [0.1, 0.15) is 48.8 Å². The van der Waals surface area contributed by atoms with E-state index in [0.717, 1.165) is 24.2 Å². The lowest BCUT2D eigenvalue weighted by Gasteiger charge is -2.27. The van der Waals surface area contributed by atoms with Crippen LogP contribution >= 0.6 is 0 Å². The summed E-state index contributed by atoms with van der Waals surface area (Å²) >= 11 is 0. The van der Waals surface area contributed by atoms with Crippen molar-refractivity contribution in [3.63, 3.8) is 0 Å². The summed E-state index contributed by atoms with van der Waals surface area (Å²) in [5, 5.41) is 0. The van der Waals surface area contributed by atoms with E-state index in [0.29, 0.717) is 6.04 Å². The van der Waals surface area contributed by atoms with Gasteiger partial charge in [0.05, 0.1) is 0 Å². The zero-order valence-corrected chi connectivity index (χ0v) is 12.9. The van der Waals surface area contributed by atoms with Gasteiger partial charge in [-0.25, -0.2) is 0 Å². The first-order chi connectivity index (χ1) is 9.67. The molecule has 0 saturated heterocycles. The number of hydrazine groups is 1. The third-order valence-corrected chi connectivity index (χ3v) is 5.80. The molecule has 3 N–H and O–H groups in total. The molecule has 0 aliphatic heterocycles. The summed E-state index contributed by atoms with van der Waals surface area (Å²) in [5.41, 5.74) is 7.38. The van der Waals surface area contributed by atoms with Crippen molar-refractivity contribution in [2.45, 2.75) is 58.4 Å². The van der Waals surface area contributed by atoms with Crippen LogP contribution in [0.4, 0.5) is 0 Å². The molecule has 4 unspecified atom stereocenters. The number of hydrogen-bond donors (Lipinski definition) is 2. The van der Waals surface area contributed by atoms with Crippen LogP contribution in [0.15, 0.2) is 18.2 Å². The summed E-state index contributed by atoms with van der Waals surface area (Å²) in [6.07, 6.45) is 8.23. The van der Waals surface area contributed by atoms with Crippen LogP contribution in [0.3, 0.4) is 0 Å². The molecule has 0 amide bonds. The van der Waals surface area contributed by atoms with Crippen molar-refractivity contribution >= 4 is 0 Å². The molecule has 2 nitrogen and oxygen atoms in total. The van der Waals surface area contributed by atoms with E-state index in [9.17, 15) is 0 Å². The Kier molecular flexibility index (Phi) is 4.13. The van der Waals surface area contributed by atoms with Gasteiger partial charge in [0.2, 0.25) is 0 Å². The monoisotopic (exact) mass is 272 g/mol. The van der Waals surface area contributed by atoms with Crippen molar-refractivity contribution in [2.24, 2.45) is 23.6 Å².